The van der Waals surface area contributed by atoms with E-state index in [1.165, 1.54) is 6.07 Å². The molecule has 0 bridgehead atoms. The first-order valence-corrected chi connectivity index (χ1v) is 6.01. The fourth-order valence-corrected chi connectivity index (χ4v) is 2.45. The van der Waals surface area contributed by atoms with Crippen molar-refractivity contribution in [1.29, 1.82) is 0 Å². The lowest BCUT2D eigenvalue weighted by Crippen LogP contribution is -2.49. The highest BCUT2D eigenvalue weighted by molar-refractivity contribution is 9.10. The van der Waals surface area contributed by atoms with E-state index in [4.69, 9.17) is 4.74 Å². The maximum atomic E-state index is 13.5. The van der Waals surface area contributed by atoms with Crippen molar-refractivity contribution in [1.82, 2.24) is 0 Å². The highest BCUT2D eigenvalue weighted by Gasteiger charge is 2.43. The largest absolute Gasteiger partial charge is 0.389 e. The van der Waals surface area contributed by atoms with Gasteiger partial charge in [-0.05, 0) is 17.7 Å². The summed E-state index contributed by atoms with van der Waals surface area (Å²) in [5.41, 5.74) is -0.240. The maximum Gasteiger partial charge on any atom is 0.127 e. The Morgan fingerprint density at radius 3 is 2.81 bits per heavy atom. The summed E-state index contributed by atoms with van der Waals surface area (Å²) in [6.07, 6.45) is 1.63. The van der Waals surface area contributed by atoms with Gasteiger partial charge < -0.3 is 9.84 Å². The minimum absolute atomic E-state index is 0.114. The molecule has 0 spiro atoms. The maximum absolute atomic E-state index is 13.5. The van der Waals surface area contributed by atoms with Crippen LogP contribution in [0.3, 0.4) is 0 Å². The van der Waals surface area contributed by atoms with E-state index < -0.39 is 5.60 Å². The second-order valence-electron chi connectivity index (χ2n) is 4.40. The van der Waals surface area contributed by atoms with Crippen LogP contribution in [0.25, 0.3) is 0 Å². The normalized spacial score (nSPS) is 28.9. The van der Waals surface area contributed by atoms with Gasteiger partial charge in [0.15, 0.2) is 0 Å². The van der Waals surface area contributed by atoms with Gasteiger partial charge in [0.1, 0.15) is 5.82 Å². The first-order valence-electron chi connectivity index (χ1n) is 5.21. The van der Waals surface area contributed by atoms with Gasteiger partial charge >= 0.3 is 0 Å². The number of ether oxygens (including phenoxy) is 1. The average molecular weight is 289 g/mol. The molecule has 0 heterocycles. The summed E-state index contributed by atoms with van der Waals surface area (Å²) in [6.45, 7) is 0. The number of rotatable bonds is 3. The van der Waals surface area contributed by atoms with Crippen LogP contribution >= 0.6 is 15.9 Å². The summed E-state index contributed by atoms with van der Waals surface area (Å²) in [7, 11) is 1.63. The molecule has 4 heteroatoms. The Bertz CT molecular complexity index is 389. The monoisotopic (exact) mass is 288 g/mol. The zero-order valence-corrected chi connectivity index (χ0v) is 10.6. The van der Waals surface area contributed by atoms with Crippen LogP contribution in [0.5, 0.6) is 0 Å². The third-order valence-corrected chi connectivity index (χ3v) is 3.58. The molecule has 1 aromatic carbocycles. The van der Waals surface area contributed by atoms with E-state index in [0.717, 1.165) is 0 Å². The number of aliphatic hydroxyl groups is 1. The number of methoxy groups -OCH3 is 1. The SMILES string of the molecule is COC1CC(O)(Cc2ccc(Br)cc2F)C1. The van der Waals surface area contributed by atoms with E-state index in [2.05, 4.69) is 15.9 Å². The van der Waals surface area contributed by atoms with Gasteiger partial charge in [0.05, 0.1) is 11.7 Å². The Kier molecular flexibility index (Phi) is 3.33. The van der Waals surface area contributed by atoms with Crippen LogP contribution in [0, 0.1) is 5.82 Å². The second-order valence-corrected chi connectivity index (χ2v) is 5.32. The summed E-state index contributed by atoms with van der Waals surface area (Å²) in [4.78, 5) is 0. The van der Waals surface area contributed by atoms with Crippen LogP contribution in [0.1, 0.15) is 18.4 Å². The van der Waals surface area contributed by atoms with E-state index in [-0.39, 0.29) is 11.9 Å². The van der Waals surface area contributed by atoms with Crippen LogP contribution in [0.15, 0.2) is 22.7 Å². The standard InChI is InChI=1S/C12H14BrFO2/c1-16-10-6-12(15,7-10)5-8-2-3-9(13)4-11(8)14/h2-4,10,15H,5-7H2,1H3. The average Bonchev–Trinajstić information content (AvgIpc) is 2.18. The van der Waals surface area contributed by atoms with E-state index in [9.17, 15) is 9.50 Å². The zero-order valence-electron chi connectivity index (χ0n) is 9.04. The van der Waals surface area contributed by atoms with Gasteiger partial charge in [-0.15, -0.1) is 0 Å². The predicted molar refractivity (Wildman–Crippen MR) is 62.8 cm³/mol. The third kappa shape index (κ3) is 2.44. The number of halogens is 2. The minimum Gasteiger partial charge on any atom is -0.389 e. The van der Waals surface area contributed by atoms with Crippen molar-refractivity contribution in [3.8, 4) is 0 Å². The second kappa shape index (κ2) is 4.43. The molecule has 0 amide bonds. The Balaban J connectivity index is 2.05. The number of hydrogen-bond acceptors (Lipinski definition) is 2. The molecule has 0 aliphatic heterocycles. The van der Waals surface area contributed by atoms with Crippen molar-refractivity contribution >= 4 is 15.9 Å². The Morgan fingerprint density at radius 1 is 1.56 bits per heavy atom. The molecule has 1 aliphatic rings. The van der Waals surface area contributed by atoms with Gasteiger partial charge in [-0.3, -0.25) is 0 Å². The molecule has 0 saturated heterocycles. The molecular weight excluding hydrogens is 275 g/mol. The van der Waals surface area contributed by atoms with Gasteiger partial charge in [0, 0.05) is 30.8 Å². The van der Waals surface area contributed by atoms with Crippen LogP contribution in [0.4, 0.5) is 4.39 Å². The lowest BCUT2D eigenvalue weighted by molar-refractivity contribution is -0.126. The van der Waals surface area contributed by atoms with Crippen molar-refractivity contribution < 1.29 is 14.2 Å². The van der Waals surface area contributed by atoms with E-state index in [0.29, 0.717) is 29.3 Å². The molecule has 1 saturated carbocycles. The number of hydrogen-bond donors (Lipinski definition) is 1. The lowest BCUT2D eigenvalue weighted by atomic mass is 9.73. The van der Waals surface area contributed by atoms with Crippen molar-refractivity contribution in [2.24, 2.45) is 0 Å². The Labute approximate surface area is 103 Å². The highest BCUT2D eigenvalue weighted by atomic mass is 79.9. The van der Waals surface area contributed by atoms with E-state index >= 15 is 0 Å². The quantitative estimate of drug-likeness (QED) is 0.927. The zero-order chi connectivity index (χ0) is 11.8. The fourth-order valence-electron chi connectivity index (χ4n) is 2.12. The van der Waals surface area contributed by atoms with Crippen LogP contribution in [0.2, 0.25) is 0 Å². The highest BCUT2D eigenvalue weighted by Crippen LogP contribution is 2.37. The number of benzene rings is 1. The van der Waals surface area contributed by atoms with E-state index in [1.807, 2.05) is 0 Å². The van der Waals surface area contributed by atoms with Crippen molar-refractivity contribution in [3.63, 3.8) is 0 Å². The molecule has 0 atom stereocenters. The minimum atomic E-state index is -0.796. The van der Waals surface area contributed by atoms with Gasteiger partial charge in [-0.1, -0.05) is 22.0 Å². The Morgan fingerprint density at radius 2 is 2.25 bits per heavy atom. The molecule has 0 aromatic heterocycles. The third-order valence-electron chi connectivity index (χ3n) is 3.08. The van der Waals surface area contributed by atoms with Gasteiger partial charge in [0.2, 0.25) is 0 Å². The lowest BCUT2D eigenvalue weighted by Gasteiger charge is -2.42. The molecular formula is C12H14BrFO2. The molecule has 1 aromatic rings. The smallest absolute Gasteiger partial charge is 0.127 e. The Hall–Kier alpha value is -0.450. The van der Waals surface area contributed by atoms with Crippen molar-refractivity contribution in [2.75, 3.05) is 7.11 Å². The molecule has 88 valence electrons. The molecule has 1 N–H and O–H groups in total. The summed E-state index contributed by atoms with van der Waals surface area (Å²) >= 11 is 3.21. The first kappa shape index (κ1) is 12.0. The van der Waals surface area contributed by atoms with Crippen LogP contribution in [-0.4, -0.2) is 23.9 Å². The van der Waals surface area contributed by atoms with Crippen molar-refractivity contribution in [3.05, 3.63) is 34.1 Å². The summed E-state index contributed by atoms with van der Waals surface area (Å²) in [6, 6.07) is 4.91. The molecule has 1 aliphatic carbocycles. The van der Waals surface area contributed by atoms with Gasteiger partial charge in [-0.2, -0.15) is 0 Å². The topological polar surface area (TPSA) is 29.5 Å². The van der Waals surface area contributed by atoms with E-state index in [1.54, 1.807) is 19.2 Å². The van der Waals surface area contributed by atoms with Gasteiger partial charge in [0.25, 0.3) is 0 Å². The molecule has 2 rings (SSSR count). The van der Waals surface area contributed by atoms with Crippen LogP contribution < -0.4 is 0 Å². The van der Waals surface area contributed by atoms with Crippen LogP contribution in [-0.2, 0) is 11.2 Å². The first-order chi connectivity index (χ1) is 7.52. The molecule has 16 heavy (non-hydrogen) atoms. The summed E-state index contributed by atoms with van der Waals surface area (Å²) in [5, 5.41) is 10.1. The van der Waals surface area contributed by atoms with Gasteiger partial charge in [-0.25, -0.2) is 4.39 Å². The summed E-state index contributed by atoms with van der Waals surface area (Å²) in [5.74, 6) is -0.274. The molecule has 1 fully saturated rings. The predicted octanol–water partition coefficient (Wildman–Crippen LogP) is 2.67. The fraction of sp³-hybridized carbons (Fsp3) is 0.500. The molecule has 2 nitrogen and oxygen atoms in total. The molecule has 0 radical (unpaired) electrons. The summed E-state index contributed by atoms with van der Waals surface area (Å²) < 4.78 is 19.4. The molecule has 0 unspecified atom stereocenters. The van der Waals surface area contributed by atoms with Crippen molar-refractivity contribution in [2.45, 2.75) is 31.0 Å².